The summed E-state index contributed by atoms with van der Waals surface area (Å²) in [6.07, 6.45) is 0.498. The molecule has 6 rings (SSSR count). The standard InChI is InChI=1S/C41H47N3O6/c45-29-31-15-17-33(18-16-31)38-25-37(28-44-21-19-43(20-22-44)27-30-7-2-1-3-8-30)49-41(50-38)36-12-5-11-35(24-36)34-10-4-9-32(23-34)26-42-39(46)13-6-14-40(47)48/h1-5,7-12,15-18,23-24,37-38,41,45H,6,13-14,19-22,25-29H2,(H,42,46)(H,47,48)/t37-,38+,41+/m0/s1. The second kappa shape index (κ2) is 17.5. The van der Waals surface area contributed by atoms with Gasteiger partial charge in [0.25, 0.3) is 0 Å². The molecular weight excluding hydrogens is 630 g/mol. The smallest absolute Gasteiger partial charge is 0.303 e. The molecule has 3 N–H and O–H groups in total. The molecule has 0 saturated carbocycles. The SMILES string of the molecule is O=C(O)CCCC(=O)NCc1cccc(-c2cccc([C@@H]3O[C@H](CN4CCN(Cc5ccccc5)CC4)C[C@H](c4ccc(CO)cc4)O3)c2)c1. The predicted molar refractivity (Wildman–Crippen MR) is 192 cm³/mol. The van der Waals surface area contributed by atoms with Gasteiger partial charge in [-0.1, -0.05) is 91.0 Å². The molecule has 2 heterocycles. The zero-order valence-corrected chi connectivity index (χ0v) is 28.5. The third-order valence-corrected chi connectivity index (χ3v) is 9.49. The number of rotatable bonds is 14. The molecule has 0 aliphatic carbocycles. The minimum atomic E-state index is -0.896. The largest absolute Gasteiger partial charge is 0.481 e. The van der Waals surface area contributed by atoms with Crippen LogP contribution in [0.2, 0.25) is 0 Å². The van der Waals surface area contributed by atoms with E-state index in [9.17, 15) is 14.7 Å². The fraction of sp³-hybridized carbons (Fsp3) is 0.366. The predicted octanol–water partition coefficient (Wildman–Crippen LogP) is 6.08. The highest BCUT2D eigenvalue weighted by Crippen LogP contribution is 2.39. The Hall–Kier alpha value is -4.38. The molecule has 2 aliphatic heterocycles. The normalized spacial score (nSPS) is 20.0. The number of aliphatic carboxylic acids is 1. The van der Waals surface area contributed by atoms with Gasteiger partial charge in [-0.25, -0.2) is 0 Å². The van der Waals surface area contributed by atoms with E-state index in [4.69, 9.17) is 14.6 Å². The molecule has 0 radical (unpaired) electrons. The second-order valence-electron chi connectivity index (χ2n) is 13.3. The minimum absolute atomic E-state index is 0.00354. The lowest BCUT2D eigenvalue weighted by molar-refractivity contribution is -0.253. The average Bonchev–Trinajstić information content (AvgIpc) is 3.15. The van der Waals surface area contributed by atoms with E-state index in [1.165, 1.54) is 5.56 Å². The number of nitrogens with one attached hydrogen (secondary N) is 1. The van der Waals surface area contributed by atoms with Crippen LogP contribution in [0, 0.1) is 0 Å². The molecule has 50 heavy (non-hydrogen) atoms. The zero-order valence-electron chi connectivity index (χ0n) is 28.5. The van der Waals surface area contributed by atoms with Gasteiger partial charge in [-0.05, 0) is 51.9 Å². The number of ether oxygens (including phenoxy) is 2. The fourth-order valence-corrected chi connectivity index (χ4v) is 6.71. The van der Waals surface area contributed by atoms with Crippen LogP contribution >= 0.6 is 0 Å². The van der Waals surface area contributed by atoms with Gasteiger partial charge in [0.05, 0.1) is 18.8 Å². The van der Waals surface area contributed by atoms with Gasteiger partial charge in [0, 0.05) is 70.6 Å². The number of nitrogens with zero attached hydrogens (tertiary/aromatic N) is 2. The van der Waals surface area contributed by atoms with Gasteiger partial charge < -0.3 is 25.0 Å². The molecule has 4 aromatic carbocycles. The van der Waals surface area contributed by atoms with Crippen molar-refractivity contribution in [2.24, 2.45) is 0 Å². The van der Waals surface area contributed by atoms with Gasteiger partial charge in [0.1, 0.15) is 0 Å². The van der Waals surface area contributed by atoms with E-state index in [1.807, 2.05) is 54.6 Å². The molecule has 9 heteroatoms. The molecule has 9 nitrogen and oxygen atoms in total. The Morgan fingerprint density at radius 3 is 2.16 bits per heavy atom. The maximum absolute atomic E-state index is 12.2. The molecule has 262 valence electrons. The minimum Gasteiger partial charge on any atom is -0.481 e. The van der Waals surface area contributed by atoms with Crippen molar-refractivity contribution in [2.45, 2.75) is 63.9 Å². The van der Waals surface area contributed by atoms with Gasteiger partial charge in [-0.15, -0.1) is 0 Å². The van der Waals surface area contributed by atoms with Crippen LogP contribution in [-0.2, 0) is 38.8 Å². The third kappa shape index (κ3) is 10.1. The lowest BCUT2D eigenvalue weighted by atomic mass is 9.98. The molecule has 0 unspecified atom stereocenters. The third-order valence-electron chi connectivity index (χ3n) is 9.49. The maximum atomic E-state index is 12.2. The van der Waals surface area contributed by atoms with Crippen molar-refractivity contribution in [3.05, 3.63) is 131 Å². The Balaban J connectivity index is 1.13. The maximum Gasteiger partial charge on any atom is 0.303 e. The highest BCUT2D eigenvalue weighted by atomic mass is 16.7. The molecule has 2 fully saturated rings. The number of amides is 1. The first-order valence-electron chi connectivity index (χ1n) is 17.6. The van der Waals surface area contributed by atoms with Crippen molar-refractivity contribution in [1.29, 1.82) is 0 Å². The quantitative estimate of drug-likeness (QED) is 0.147. The van der Waals surface area contributed by atoms with Crippen molar-refractivity contribution >= 4 is 11.9 Å². The Morgan fingerprint density at radius 1 is 0.720 bits per heavy atom. The molecule has 0 bridgehead atoms. The lowest BCUT2D eigenvalue weighted by Gasteiger charge is -2.41. The topological polar surface area (TPSA) is 112 Å². The van der Waals surface area contributed by atoms with Crippen LogP contribution < -0.4 is 5.32 Å². The second-order valence-corrected chi connectivity index (χ2v) is 13.3. The van der Waals surface area contributed by atoms with E-state index >= 15 is 0 Å². The number of hydrogen-bond donors (Lipinski definition) is 3. The lowest BCUT2D eigenvalue weighted by Crippen LogP contribution is -2.49. The summed E-state index contributed by atoms with van der Waals surface area (Å²) in [6.45, 7) is 6.18. The van der Waals surface area contributed by atoms with E-state index in [0.29, 0.717) is 13.0 Å². The monoisotopic (exact) mass is 677 g/mol. The van der Waals surface area contributed by atoms with Crippen LogP contribution in [-0.4, -0.2) is 70.7 Å². The molecular formula is C41H47N3O6. The van der Waals surface area contributed by atoms with Crippen LogP contribution in [0.15, 0.2) is 103 Å². The van der Waals surface area contributed by atoms with Crippen molar-refractivity contribution < 1.29 is 29.3 Å². The molecule has 2 aliphatic rings. The number of carboxylic acid groups (broad SMARTS) is 1. The number of carbonyl (C=O) groups excluding carboxylic acids is 1. The van der Waals surface area contributed by atoms with Crippen molar-refractivity contribution in [3.8, 4) is 11.1 Å². The van der Waals surface area contributed by atoms with E-state index in [0.717, 1.165) is 79.1 Å². The summed E-state index contributed by atoms with van der Waals surface area (Å²) in [7, 11) is 0. The highest BCUT2D eigenvalue weighted by molar-refractivity contribution is 5.76. The number of benzene rings is 4. The summed E-state index contributed by atoms with van der Waals surface area (Å²) in [5.74, 6) is -1.05. The first-order chi connectivity index (χ1) is 24.4. The van der Waals surface area contributed by atoms with Gasteiger partial charge >= 0.3 is 5.97 Å². The summed E-state index contributed by atoms with van der Waals surface area (Å²) >= 11 is 0. The molecule has 2 saturated heterocycles. The summed E-state index contributed by atoms with van der Waals surface area (Å²) in [5, 5.41) is 21.3. The van der Waals surface area contributed by atoms with Crippen LogP contribution in [0.25, 0.3) is 11.1 Å². The molecule has 4 aromatic rings. The number of carboxylic acids is 1. The van der Waals surface area contributed by atoms with Crippen LogP contribution in [0.4, 0.5) is 0 Å². The van der Waals surface area contributed by atoms with Crippen LogP contribution in [0.5, 0.6) is 0 Å². The van der Waals surface area contributed by atoms with E-state index in [1.54, 1.807) is 0 Å². The van der Waals surface area contributed by atoms with Crippen molar-refractivity contribution in [2.75, 3.05) is 32.7 Å². The Bertz CT molecular complexity index is 1690. The van der Waals surface area contributed by atoms with E-state index in [-0.39, 0.29) is 37.6 Å². The highest BCUT2D eigenvalue weighted by Gasteiger charge is 2.34. The van der Waals surface area contributed by atoms with Gasteiger partial charge in [-0.2, -0.15) is 0 Å². The van der Waals surface area contributed by atoms with Gasteiger partial charge in [-0.3, -0.25) is 19.4 Å². The molecule has 0 spiro atoms. The Morgan fingerprint density at radius 2 is 1.42 bits per heavy atom. The molecule has 0 aromatic heterocycles. The summed E-state index contributed by atoms with van der Waals surface area (Å²) in [6, 6.07) is 34.9. The van der Waals surface area contributed by atoms with Crippen molar-refractivity contribution in [1.82, 2.24) is 15.1 Å². The van der Waals surface area contributed by atoms with Crippen LogP contribution in [0.3, 0.4) is 0 Å². The molecule has 3 atom stereocenters. The van der Waals surface area contributed by atoms with Gasteiger partial charge in [0.15, 0.2) is 6.29 Å². The average molecular weight is 678 g/mol. The number of piperazine rings is 1. The fourth-order valence-electron chi connectivity index (χ4n) is 6.71. The summed E-state index contributed by atoms with van der Waals surface area (Å²) < 4.78 is 13.4. The number of aliphatic hydroxyl groups is 1. The molecule has 1 amide bonds. The zero-order chi connectivity index (χ0) is 34.7. The number of aliphatic hydroxyl groups excluding tert-OH is 1. The van der Waals surface area contributed by atoms with E-state index < -0.39 is 12.3 Å². The Labute approximate surface area is 294 Å². The van der Waals surface area contributed by atoms with Crippen molar-refractivity contribution in [3.63, 3.8) is 0 Å². The number of hydrogen-bond acceptors (Lipinski definition) is 7. The van der Waals surface area contributed by atoms with Gasteiger partial charge in [0.2, 0.25) is 5.91 Å². The van der Waals surface area contributed by atoms with Crippen LogP contribution in [0.1, 0.15) is 65.9 Å². The number of carbonyl (C=O) groups is 2. The van der Waals surface area contributed by atoms with E-state index in [2.05, 4.69) is 63.6 Å². The summed E-state index contributed by atoms with van der Waals surface area (Å²) in [5.41, 5.74) is 7.22. The first kappa shape index (κ1) is 35.4. The Kier molecular flexibility index (Phi) is 12.4. The first-order valence-corrected chi connectivity index (χ1v) is 17.6. The summed E-state index contributed by atoms with van der Waals surface area (Å²) in [4.78, 5) is 28.0.